The molecule has 0 N–H and O–H groups in total. The van der Waals surface area contributed by atoms with Gasteiger partial charge in [0.05, 0.1) is 13.5 Å². The third-order valence-corrected chi connectivity index (χ3v) is 3.89. The molecular formula is C16H19F3N2O3. The Morgan fingerprint density at radius 2 is 1.62 bits per heavy atom. The number of methoxy groups -OCH3 is 1. The van der Waals surface area contributed by atoms with E-state index in [2.05, 4.69) is 0 Å². The number of carbonyl (C=O) groups is 2. The number of nitrogens with zero attached hydrogens (tertiary/aromatic N) is 2. The van der Waals surface area contributed by atoms with E-state index in [1.54, 1.807) is 31.4 Å². The second-order valence-electron chi connectivity index (χ2n) is 5.55. The lowest BCUT2D eigenvalue weighted by Crippen LogP contribution is -2.43. The van der Waals surface area contributed by atoms with Gasteiger partial charge in [-0.25, -0.2) is 0 Å². The normalized spacial score (nSPS) is 15.8. The van der Waals surface area contributed by atoms with Crippen molar-refractivity contribution in [1.82, 2.24) is 9.80 Å². The van der Waals surface area contributed by atoms with Crippen LogP contribution in [0.4, 0.5) is 13.2 Å². The highest BCUT2D eigenvalue weighted by Crippen LogP contribution is 2.20. The van der Waals surface area contributed by atoms with Crippen LogP contribution in [0.3, 0.4) is 0 Å². The van der Waals surface area contributed by atoms with E-state index in [0.29, 0.717) is 18.7 Å². The number of hydrogen-bond donors (Lipinski definition) is 0. The van der Waals surface area contributed by atoms with Crippen LogP contribution in [0, 0.1) is 0 Å². The molecular weight excluding hydrogens is 325 g/mol. The van der Waals surface area contributed by atoms with Crippen LogP contribution < -0.4 is 4.74 Å². The summed E-state index contributed by atoms with van der Waals surface area (Å²) in [4.78, 5) is 25.9. The Labute approximate surface area is 138 Å². The molecule has 1 aliphatic heterocycles. The van der Waals surface area contributed by atoms with Crippen molar-refractivity contribution >= 4 is 11.8 Å². The molecule has 0 unspecified atom stereocenters. The van der Waals surface area contributed by atoms with Crippen LogP contribution in [0.1, 0.15) is 12.0 Å². The first-order chi connectivity index (χ1) is 11.3. The van der Waals surface area contributed by atoms with E-state index in [1.165, 1.54) is 4.90 Å². The molecule has 1 aromatic rings. The standard InChI is InChI=1S/C16H19F3N2O3/c1-24-13-5-3-12(4-6-13)11-14(22)20-7-2-8-21(10-9-20)15(23)16(17,18)19/h3-6H,2,7-11H2,1H3. The van der Waals surface area contributed by atoms with E-state index in [0.717, 1.165) is 10.5 Å². The number of halogens is 3. The van der Waals surface area contributed by atoms with Gasteiger partial charge in [0.25, 0.3) is 0 Å². The van der Waals surface area contributed by atoms with Crippen molar-refractivity contribution in [3.8, 4) is 5.75 Å². The molecule has 0 atom stereocenters. The Balaban J connectivity index is 1.92. The average molecular weight is 344 g/mol. The van der Waals surface area contributed by atoms with Crippen molar-refractivity contribution in [3.63, 3.8) is 0 Å². The van der Waals surface area contributed by atoms with Crippen LogP contribution in [0.5, 0.6) is 5.75 Å². The molecule has 1 saturated heterocycles. The van der Waals surface area contributed by atoms with Crippen LogP contribution in [-0.4, -0.2) is 61.1 Å². The summed E-state index contributed by atoms with van der Waals surface area (Å²) in [7, 11) is 1.55. The number of amides is 2. The summed E-state index contributed by atoms with van der Waals surface area (Å²) in [5, 5.41) is 0. The number of benzene rings is 1. The highest BCUT2D eigenvalue weighted by atomic mass is 19.4. The summed E-state index contributed by atoms with van der Waals surface area (Å²) in [6.45, 7) is 0.352. The van der Waals surface area contributed by atoms with Gasteiger partial charge in [0.1, 0.15) is 5.75 Å². The minimum Gasteiger partial charge on any atom is -0.497 e. The molecule has 0 spiro atoms. The first-order valence-electron chi connectivity index (χ1n) is 7.58. The molecule has 2 amide bonds. The molecule has 1 fully saturated rings. The zero-order valence-corrected chi connectivity index (χ0v) is 13.3. The van der Waals surface area contributed by atoms with Crippen LogP contribution in [0.15, 0.2) is 24.3 Å². The van der Waals surface area contributed by atoms with Crippen LogP contribution >= 0.6 is 0 Å². The Morgan fingerprint density at radius 3 is 2.21 bits per heavy atom. The molecule has 0 radical (unpaired) electrons. The number of hydrogen-bond acceptors (Lipinski definition) is 3. The quantitative estimate of drug-likeness (QED) is 0.841. The zero-order valence-electron chi connectivity index (χ0n) is 13.3. The van der Waals surface area contributed by atoms with Crippen LogP contribution in [0.2, 0.25) is 0 Å². The average Bonchev–Trinajstić information content (AvgIpc) is 2.80. The van der Waals surface area contributed by atoms with E-state index < -0.39 is 12.1 Å². The van der Waals surface area contributed by atoms with Gasteiger partial charge >= 0.3 is 12.1 Å². The van der Waals surface area contributed by atoms with Crippen molar-refractivity contribution in [2.45, 2.75) is 19.0 Å². The van der Waals surface area contributed by atoms with Gasteiger partial charge in [-0.2, -0.15) is 13.2 Å². The third-order valence-electron chi connectivity index (χ3n) is 3.89. The molecule has 0 saturated carbocycles. The van der Waals surface area contributed by atoms with Gasteiger partial charge in [0.2, 0.25) is 5.91 Å². The predicted octanol–water partition coefficient (Wildman–Crippen LogP) is 1.86. The second kappa shape index (κ2) is 7.55. The van der Waals surface area contributed by atoms with Crippen molar-refractivity contribution in [2.24, 2.45) is 0 Å². The third kappa shape index (κ3) is 4.62. The molecule has 24 heavy (non-hydrogen) atoms. The van der Waals surface area contributed by atoms with E-state index in [4.69, 9.17) is 4.74 Å². The van der Waals surface area contributed by atoms with Crippen LogP contribution in [0.25, 0.3) is 0 Å². The van der Waals surface area contributed by atoms with Gasteiger partial charge < -0.3 is 14.5 Å². The molecule has 2 rings (SSSR count). The largest absolute Gasteiger partial charge is 0.497 e. The van der Waals surface area contributed by atoms with Gasteiger partial charge in [-0.15, -0.1) is 0 Å². The van der Waals surface area contributed by atoms with Crippen molar-refractivity contribution in [3.05, 3.63) is 29.8 Å². The van der Waals surface area contributed by atoms with Gasteiger partial charge in [-0.1, -0.05) is 12.1 Å². The molecule has 0 aliphatic carbocycles. The SMILES string of the molecule is COc1ccc(CC(=O)N2CCCN(C(=O)C(F)(F)F)CC2)cc1. The molecule has 0 aromatic heterocycles. The molecule has 0 bridgehead atoms. The summed E-state index contributed by atoms with van der Waals surface area (Å²) < 4.78 is 42.5. The van der Waals surface area contributed by atoms with Gasteiger partial charge in [-0.3, -0.25) is 9.59 Å². The Kier molecular flexibility index (Phi) is 5.69. The van der Waals surface area contributed by atoms with E-state index in [1.807, 2.05) is 0 Å². The minimum atomic E-state index is -4.87. The molecule has 1 aromatic carbocycles. The van der Waals surface area contributed by atoms with Crippen molar-refractivity contribution < 1.29 is 27.5 Å². The molecule has 5 nitrogen and oxygen atoms in total. The Hall–Kier alpha value is -2.25. The lowest BCUT2D eigenvalue weighted by Gasteiger charge is -2.23. The summed E-state index contributed by atoms with van der Waals surface area (Å²) in [6.07, 6.45) is -4.38. The number of ether oxygens (including phenoxy) is 1. The maximum absolute atomic E-state index is 12.5. The lowest BCUT2D eigenvalue weighted by molar-refractivity contribution is -0.185. The zero-order chi connectivity index (χ0) is 17.7. The highest BCUT2D eigenvalue weighted by molar-refractivity contribution is 5.82. The summed E-state index contributed by atoms with van der Waals surface area (Å²) in [6, 6.07) is 7.03. The molecule has 132 valence electrons. The van der Waals surface area contributed by atoms with Crippen molar-refractivity contribution in [2.75, 3.05) is 33.3 Å². The van der Waals surface area contributed by atoms with Crippen LogP contribution in [-0.2, 0) is 16.0 Å². The first-order valence-corrected chi connectivity index (χ1v) is 7.58. The van der Waals surface area contributed by atoms with E-state index >= 15 is 0 Å². The predicted molar refractivity (Wildman–Crippen MR) is 80.5 cm³/mol. The first kappa shape index (κ1) is 18.1. The molecule has 8 heteroatoms. The Bertz CT molecular complexity index is 587. The summed E-state index contributed by atoms with van der Waals surface area (Å²) in [5.74, 6) is -1.32. The fourth-order valence-electron chi connectivity index (χ4n) is 2.58. The maximum Gasteiger partial charge on any atom is 0.471 e. The van der Waals surface area contributed by atoms with Crippen molar-refractivity contribution in [1.29, 1.82) is 0 Å². The highest BCUT2D eigenvalue weighted by Gasteiger charge is 2.42. The van der Waals surface area contributed by atoms with E-state index in [9.17, 15) is 22.8 Å². The summed E-state index contributed by atoms with van der Waals surface area (Å²) in [5.41, 5.74) is 0.799. The number of rotatable bonds is 3. The lowest BCUT2D eigenvalue weighted by atomic mass is 10.1. The van der Waals surface area contributed by atoms with Gasteiger partial charge in [0, 0.05) is 26.2 Å². The molecule has 1 aliphatic rings. The number of carbonyl (C=O) groups excluding carboxylic acids is 2. The Morgan fingerprint density at radius 1 is 1.04 bits per heavy atom. The second-order valence-corrected chi connectivity index (χ2v) is 5.55. The fraction of sp³-hybridized carbons (Fsp3) is 0.500. The van der Waals surface area contributed by atoms with Gasteiger partial charge in [-0.05, 0) is 24.1 Å². The van der Waals surface area contributed by atoms with Gasteiger partial charge in [0.15, 0.2) is 0 Å². The maximum atomic E-state index is 12.5. The smallest absolute Gasteiger partial charge is 0.471 e. The number of alkyl halides is 3. The van der Waals surface area contributed by atoms with E-state index in [-0.39, 0.29) is 32.0 Å². The fourth-order valence-corrected chi connectivity index (χ4v) is 2.58. The summed E-state index contributed by atoms with van der Waals surface area (Å²) >= 11 is 0. The monoisotopic (exact) mass is 344 g/mol. The topological polar surface area (TPSA) is 49.9 Å². The molecule has 1 heterocycles. The minimum absolute atomic E-state index is 0.00462.